The second kappa shape index (κ2) is 10.3. The van der Waals surface area contributed by atoms with Gasteiger partial charge < -0.3 is 20.9 Å². The number of nitrogens with one attached hydrogen (secondary N) is 3. The summed E-state index contributed by atoms with van der Waals surface area (Å²) in [4.78, 5) is 32.7. The number of hydrogen-bond acceptors (Lipinski definition) is 5. The Morgan fingerprint density at radius 2 is 1.75 bits per heavy atom. The fourth-order valence-electron chi connectivity index (χ4n) is 4.71. The molecule has 0 aliphatic carbocycles. The molecule has 7 nitrogen and oxygen atoms in total. The summed E-state index contributed by atoms with van der Waals surface area (Å²) in [6.45, 7) is 7.46. The Labute approximate surface area is 211 Å². The predicted octanol–water partition coefficient (Wildman–Crippen LogP) is 3.67. The number of carbonyl (C=O) groups excluding carboxylic acids is 2. The van der Waals surface area contributed by atoms with Crippen LogP contribution in [0, 0.1) is 0 Å². The third-order valence-electron chi connectivity index (χ3n) is 6.78. The highest BCUT2D eigenvalue weighted by Gasteiger charge is 2.22. The van der Waals surface area contributed by atoms with Crippen molar-refractivity contribution < 1.29 is 9.59 Å². The van der Waals surface area contributed by atoms with Crippen LogP contribution in [-0.4, -0.2) is 43.3 Å². The monoisotopic (exact) mass is 481 g/mol. The van der Waals surface area contributed by atoms with Crippen molar-refractivity contribution in [2.75, 3.05) is 24.5 Å². The molecule has 3 aromatic rings. The average Bonchev–Trinajstić information content (AvgIpc) is 3.31. The molecule has 0 spiro atoms. The molecule has 0 aromatic heterocycles. The third kappa shape index (κ3) is 5.16. The van der Waals surface area contributed by atoms with Gasteiger partial charge in [0.15, 0.2) is 0 Å². The number of rotatable bonds is 5. The number of piperazine rings is 1. The number of amides is 2. The molecule has 2 atom stereocenters. The first-order valence-electron chi connectivity index (χ1n) is 12.4. The van der Waals surface area contributed by atoms with Crippen molar-refractivity contribution in [3.05, 3.63) is 101 Å². The minimum atomic E-state index is -0.214. The number of aliphatic imine (C=N–C) groups is 1. The van der Waals surface area contributed by atoms with Gasteiger partial charge in [-0.2, -0.15) is 0 Å². The fourth-order valence-corrected chi connectivity index (χ4v) is 4.71. The molecule has 1 fully saturated rings. The summed E-state index contributed by atoms with van der Waals surface area (Å²) < 4.78 is 0. The number of hydrogen-bond donors (Lipinski definition) is 3. The quantitative estimate of drug-likeness (QED) is 0.519. The lowest BCUT2D eigenvalue weighted by Gasteiger charge is -2.33. The molecule has 36 heavy (non-hydrogen) atoms. The maximum Gasteiger partial charge on any atom is 0.256 e. The van der Waals surface area contributed by atoms with Crippen molar-refractivity contribution in [2.24, 2.45) is 4.99 Å². The van der Waals surface area contributed by atoms with Crippen molar-refractivity contribution >= 4 is 23.3 Å². The van der Waals surface area contributed by atoms with Crippen molar-refractivity contribution in [3.63, 3.8) is 0 Å². The highest BCUT2D eigenvalue weighted by atomic mass is 16.2. The van der Waals surface area contributed by atoms with Crippen LogP contribution in [0.5, 0.6) is 0 Å². The minimum absolute atomic E-state index is 0.118. The number of amidine groups is 1. The van der Waals surface area contributed by atoms with Crippen LogP contribution in [0.25, 0.3) is 0 Å². The van der Waals surface area contributed by atoms with E-state index in [1.165, 1.54) is 0 Å². The van der Waals surface area contributed by atoms with E-state index in [0.717, 1.165) is 42.0 Å². The smallest absolute Gasteiger partial charge is 0.256 e. The van der Waals surface area contributed by atoms with Gasteiger partial charge in [-0.25, -0.2) is 0 Å². The van der Waals surface area contributed by atoms with E-state index in [4.69, 9.17) is 0 Å². The van der Waals surface area contributed by atoms with Crippen LogP contribution >= 0.6 is 0 Å². The molecule has 7 heteroatoms. The summed E-state index contributed by atoms with van der Waals surface area (Å²) in [5.41, 5.74) is 5.04. The van der Waals surface area contributed by atoms with Gasteiger partial charge in [0.05, 0.1) is 12.6 Å². The Morgan fingerprint density at radius 3 is 2.50 bits per heavy atom. The zero-order valence-electron chi connectivity index (χ0n) is 20.6. The van der Waals surface area contributed by atoms with E-state index in [1.807, 2.05) is 79.7 Å². The first-order chi connectivity index (χ1) is 17.5. The highest BCUT2D eigenvalue weighted by molar-refractivity contribution is 6.15. The van der Waals surface area contributed by atoms with Gasteiger partial charge in [-0.15, -0.1) is 0 Å². The van der Waals surface area contributed by atoms with Gasteiger partial charge in [0.1, 0.15) is 5.84 Å². The molecule has 5 rings (SSSR count). The number of anilines is 1. The van der Waals surface area contributed by atoms with Crippen molar-refractivity contribution in [2.45, 2.75) is 32.5 Å². The molecule has 0 bridgehead atoms. The van der Waals surface area contributed by atoms with Crippen LogP contribution in [-0.2, 0) is 6.54 Å². The van der Waals surface area contributed by atoms with Gasteiger partial charge in [0, 0.05) is 48.1 Å². The number of nitrogens with zero attached hydrogens (tertiary/aromatic N) is 2. The lowest BCUT2D eigenvalue weighted by atomic mass is 10.0. The second-order valence-electron chi connectivity index (χ2n) is 9.44. The molecular formula is C29H31N5O2. The molecule has 0 radical (unpaired) electrons. The predicted molar refractivity (Wildman–Crippen MR) is 143 cm³/mol. The first-order valence-corrected chi connectivity index (χ1v) is 12.4. The summed E-state index contributed by atoms with van der Waals surface area (Å²) in [6.07, 6.45) is 0. The van der Waals surface area contributed by atoms with Crippen molar-refractivity contribution in [3.8, 4) is 0 Å². The standard InChI is InChI=1S/C29H31N5O2/c1-19-18-34(15-14-30-19)25-12-10-22(11-13-25)28(35)33-27-26-16-23(8-9-24(26)17-31-27)29(36)32-20(2)21-6-4-3-5-7-21/h3-13,16,19-20,30H,14-15,17-18H2,1-2H3,(H,32,36)(H,31,33,35)/t19-,20?/m0/s1. The molecule has 184 valence electrons. The molecule has 0 saturated carbocycles. The van der Waals surface area contributed by atoms with Gasteiger partial charge in [0.25, 0.3) is 11.8 Å². The summed E-state index contributed by atoms with van der Waals surface area (Å²) in [5.74, 6) is 0.125. The first kappa shape index (κ1) is 23.8. The number of benzene rings is 3. The van der Waals surface area contributed by atoms with Gasteiger partial charge >= 0.3 is 0 Å². The Balaban J connectivity index is 1.25. The van der Waals surface area contributed by atoms with Crippen LogP contribution in [0.3, 0.4) is 0 Å². The van der Waals surface area contributed by atoms with E-state index in [2.05, 4.69) is 32.8 Å². The summed E-state index contributed by atoms with van der Waals surface area (Å²) in [7, 11) is 0. The number of carbonyl (C=O) groups is 2. The molecule has 1 unspecified atom stereocenters. The Kier molecular flexibility index (Phi) is 6.82. The normalized spacial score (nSPS) is 17.7. The van der Waals surface area contributed by atoms with Crippen LogP contribution in [0.1, 0.15) is 57.3 Å². The van der Waals surface area contributed by atoms with Crippen molar-refractivity contribution in [1.82, 2.24) is 16.0 Å². The van der Waals surface area contributed by atoms with Gasteiger partial charge in [-0.1, -0.05) is 36.4 Å². The maximum atomic E-state index is 13.0. The molecule has 3 N–H and O–H groups in total. The van der Waals surface area contributed by atoms with E-state index >= 15 is 0 Å². The average molecular weight is 482 g/mol. The molecule has 2 aliphatic heterocycles. The number of fused-ring (bicyclic) bond motifs is 1. The van der Waals surface area contributed by atoms with E-state index in [-0.39, 0.29) is 17.9 Å². The molecule has 3 aromatic carbocycles. The van der Waals surface area contributed by atoms with E-state index in [1.54, 1.807) is 0 Å². The topological polar surface area (TPSA) is 85.8 Å². The van der Waals surface area contributed by atoms with Gasteiger partial charge in [0.2, 0.25) is 0 Å². The lowest BCUT2D eigenvalue weighted by molar-refractivity contribution is 0.0938. The summed E-state index contributed by atoms with van der Waals surface area (Å²) >= 11 is 0. The third-order valence-corrected chi connectivity index (χ3v) is 6.78. The van der Waals surface area contributed by atoms with Gasteiger partial charge in [-0.3, -0.25) is 14.6 Å². The van der Waals surface area contributed by atoms with Crippen LogP contribution in [0.2, 0.25) is 0 Å². The molecule has 1 saturated heterocycles. The highest BCUT2D eigenvalue weighted by Crippen LogP contribution is 2.22. The SMILES string of the molecule is CC(NC(=O)c1ccc2c(c1)C(NC(=O)c1ccc(N3CCN[C@@H](C)C3)cc1)=NC2)c1ccccc1. The molecule has 2 heterocycles. The van der Waals surface area contributed by atoms with Crippen molar-refractivity contribution in [1.29, 1.82) is 0 Å². The molecule has 2 aliphatic rings. The van der Waals surface area contributed by atoms with Gasteiger partial charge in [-0.05, 0) is 61.4 Å². The van der Waals surface area contributed by atoms with Crippen LogP contribution in [0.15, 0.2) is 77.8 Å². The van der Waals surface area contributed by atoms with E-state index in [9.17, 15) is 9.59 Å². The maximum absolute atomic E-state index is 13.0. The zero-order valence-corrected chi connectivity index (χ0v) is 20.6. The Hall–Kier alpha value is -3.97. The van der Waals surface area contributed by atoms with Crippen LogP contribution in [0.4, 0.5) is 5.69 Å². The summed E-state index contributed by atoms with van der Waals surface area (Å²) in [5, 5.41) is 9.44. The lowest BCUT2D eigenvalue weighted by Crippen LogP contribution is -2.49. The Morgan fingerprint density at radius 1 is 1.00 bits per heavy atom. The molecular weight excluding hydrogens is 450 g/mol. The fraction of sp³-hybridized carbons (Fsp3) is 0.276. The van der Waals surface area contributed by atoms with Crippen LogP contribution < -0.4 is 20.9 Å². The van der Waals surface area contributed by atoms with E-state index < -0.39 is 0 Å². The molecule has 2 amide bonds. The summed E-state index contributed by atoms with van der Waals surface area (Å²) in [6, 6.07) is 23.4. The largest absolute Gasteiger partial charge is 0.369 e. The second-order valence-corrected chi connectivity index (χ2v) is 9.44. The Bertz CT molecular complexity index is 1290. The zero-order chi connectivity index (χ0) is 25.1. The minimum Gasteiger partial charge on any atom is -0.369 e. The van der Waals surface area contributed by atoms with E-state index in [0.29, 0.717) is 29.5 Å².